The Hall–Kier alpha value is 2.13. The van der Waals surface area contributed by atoms with E-state index < -0.39 is 32.3 Å². The van der Waals surface area contributed by atoms with Gasteiger partial charge >= 0.3 is 0 Å². The van der Waals surface area contributed by atoms with Crippen molar-refractivity contribution in [1.29, 1.82) is 0 Å². The number of nitrogens with zero attached hydrogens (tertiary/aromatic N) is 1. The summed E-state index contributed by atoms with van der Waals surface area (Å²) in [5.41, 5.74) is 0. The van der Waals surface area contributed by atoms with Gasteiger partial charge in [0.05, 0.1) is 32.3 Å². The highest BCUT2D eigenvalue weighted by molar-refractivity contribution is 7.13. The summed E-state index contributed by atoms with van der Waals surface area (Å²) in [6, 6.07) is 0. The molecule has 1 atom stereocenters. The molecule has 0 saturated heterocycles. The van der Waals surface area contributed by atoms with Gasteiger partial charge in [0.1, 0.15) is 0 Å². The lowest BCUT2D eigenvalue weighted by Gasteiger charge is -2.37. The molecule has 0 N–H and O–H groups in total. The molecule has 1 aliphatic rings. The van der Waals surface area contributed by atoms with Crippen LogP contribution in [-0.2, 0) is 0 Å². The van der Waals surface area contributed by atoms with Crippen molar-refractivity contribution in [3.8, 4) is 0 Å². The van der Waals surface area contributed by atoms with E-state index >= 15 is 0 Å². The molecule has 1 nitrogen and oxygen atoms in total. The largest absolute Gasteiger partial charge is 0.293 e. The topological polar surface area (TPSA) is 3.24 Å². The summed E-state index contributed by atoms with van der Waals surface area (Å²) >= 11 is 35.3. The molecule has 98 valence electrons. The molecule has 0 aliphatic heterocycles. The van der Waals surface area contributed by atoms with Crippen LogP contribution >= 0.6 is 79.0 Å². The fourth-order valence-electron chi connectivity index (χ4n) is 1.05. The molecule has 0 aromatic rings. The lowest BCUT2D eigenvalue weighted by atomic mass is 9.97. The number of halogens is 6. The summed E-state index contributed by atoms with van der Waals surface area (Å²) in [5.74, 6) is 0. The molecule has 1 rings (SSSR count). The van der Waals surface area contributed by atoms with Gasteiger partial charge in [-0.2, -0.15) is 0 Å². The van der Waals surface area contributed by atoms with Crippen LogP contribution in [0.25, 0.3) is 0 Å². The molecule has 0 spiro atoms. The third kappa shape index (κ3) is 5.41. The lowest BCUT2D eigenvalue weighted by Crippen LogP contribution is -2.52. The molecule has 1 aliphatic carbocycles. The molecule has 1 fully saturated rings. The van der Waals surface area contributed by atoms with Crippen LogP contribution in [-0.4, -0.2) is 51.0 Å². The number of alkyl halides is 6. The van der Waals surface area contributed by atoms with Crippen molar-refractivity contribution in [3.05, 3.63) is 0 Å². The van der Waals surface area contributed by atoms with E-state index in [0.717, 1.165) is 0 Å². The van der Waals surface area contributed by atoms with E-state index in [9.17, 15) is 0 Å². The Balaban J connectivity index is 0.000000487. The predicted molar refractivity (Wildman–Crippen MR) is 81.2 cm³/mol. The number of hydrogen-bond acceptors (Lipinski definition) is 1. The van der Waals surface area contributed by atoms with Crippen LogP contribution < -0.4 is 0 Å². The zero-order chi connectivity index (χ0) is 13.0. The third-order valence-corrected chi connectivity index (χ3v) is 5.86. The molecule has 0 aromatic carbocycles. The average Bonchev–Trinajstić information content (AvgIpc) is 2.20. The summed E-state index contributed by atoms with van der Waals surface area (Å²) in [7, 11) is 6.42. The van der Waals surface area contributed by atoms with Crippen LogP contribution in [0.1, 0.15) is 0 Å². The maximum atomic E-state index is 5.88. The van der Waals surface area contributed by atoms with Crippen molar-refractivity contribution in [2.75, 3.05) is 14.1 Å². The van der Waals surface area contributed by atoms with Crippen LogP contribution in [0, 0.1) is 0 Å². The summed E-state index contributed by atoms with van der Waals surface area (Å²) in [5, 5.41) is -2.62. The minimum Gasteiger partial charge on any atom is -0.293 e. The first-order valence-corrected chi connectivity index (χ1v) is 7.60. The second-order valence-corrected chi connectivity index (χ2v) is 7.69. The van der Waals surface area contributed by atoms with Crippen molar-refractivity contribution >= 4 is 79.0 Å². The Kier molecular flexibility index (Phi) is 9.44. The zero-order valence-corrected chi connectivity index (χ0v) is 14.4. The Bertz CT molecular complexity index is 146. The normalized spacial score (nSPS) is 43.9. The molecule has 0 aromatic heterocycles. The van der Waals surface area contributed by atoms with Crippen LogP contribution in [0.3, 0.4) is 0 Å². The molecule has 0 bridgehead atoms. The standard InChI is InChI=1S/C6H6Cl6.C2H8NP/c7-1-2(8)4(10)6(12)5(11)3(1)9;1-3(2)4/h1-6H;4H2,1-2H3/t1-,2-,3-,4+,5+,6+;. The Morgan fingerprint density at radius 1 is 0.625 bits per heavy atom. The van der Waals surface area contributed by atoms with Crippen LogP contribution in [0.15, 0.2) is 0 Å². The van der Waals surface area contributed by atoms with Gasteiger partial charge in [-0.3, -0.25) is 4.67 Å². The van der Waals surface area contributed by atoms with Gasteiger partial charge in [-0.15, -0.1) is 69.6 Å². The number of hydrogen-bond donors (Lipinski definition) is 0. The predicted octanol–water partition coefficient (Wildman–Crippen LogP) is 3.98. The molecular weight excluding hydrogens is 354 g/mol. The Labute approximate surface area is 129 Å². The first-order valence-electron chi connectivity index (χ1n) is 4.46. The van der Waals surface area contributed by atoms with Crippen molar-refractivity contribution in [2.45, 2.75) is 32.3 Å². The summed E-state index contributed by atoms with van der Waals surface area (Å²) in [6.07, 6.45) is 0. The maximum Gasteiger partial charge on any atom is 0.0693 e. The van der Waals surface area contributed by atoms with Gasteiger partial charge in [0, 0.05) is 0 Å². The minimum atomic E-state index is -0.437. The molecular formula is C8H14Cl6NP. The average molecular weight is 368 g/mol. The van der Waals surface area contributed by atoms with Gasteiger partial charge in [-0.1, -0.05) is 9.39 Å². The van der Waals surface area contributed by atoms with Gasteiger partial charge in [0.25, 0.3) is 0 Å². The highest BCUT2D eigenvalue weighted by Gasteiger charge is 2.46. The van der Waals surface area contributed by atoms with Crippen molar-refractivity contribution in [2.24, 2.45) is 0 Å². The molecule has 8 heteroatoms. The number of rotatable bonds is 0. The quantitative estimate of drug-likeness (QED) is 0.462. The van der Waals surface area contributed by atoms with E-state index in [-0.39, 0.29) is 0 Å². The zero-order valence-electron chi connectivity index (χ0n) is 8.76. The van der Waals surface area contributed by atoms with Crippen molar-refractivity contribution < 1.29 is 0 Å². The first-order chi connectivity index (χ1) is 7.20. The van der Waals surface area contributed by atoms with E-state index in [0.29, 0.717) is 0 Å². The monoisotopic (exact) mass is 365 g/mol. The Morgan fingerprint density at radius 3 is 0.750 bits per heavy atom. The molecule has 0 radical (unpaired) electrons. The molecule has 1 unspecified atom stereocenters. The molecule has 0 amide bonds. The second kappa shape index (κ2) is 8.33. The first kappa shape index (κ1) is 18.1. The second-order valence-electron chi connectivity index (χ2n) is 3.63. The highest BCUT2D eigenvalue weighted by atomic mass is 35.5. The van der Waals surface area contributed by atoms with Crippen LogP contribution in [0.5, 0.6) is 0 Å². The molecule has 16 heavy (non-hydrogen) atoms. The Morgan fingerprint density at radius 2 is 0.688 bits per heavy atom. The van der Waals surface area contributed by atoms with E-state index in [1.165, 1.54) is 0 Å². The van der Waals surface area contributed by atoms with Crippen molar-refractivity contribution in [3.63, 3.8) is 0 Å². The minimum absolute atomic E-state index is 0.437. The summed E-state index contributed by atoms with van der Waals surface area (Å²) in [4.78, 5) is 0. The van der Waals surface area contributed by atoms with Gasteiger partial charge in [0.15, 0.2) is 0 Å². The highest BCUT2D eigenvalue weighted by Crippen LogP contribution is 2.39. The molecule has 0 heterocycles. The summed E-state index contributed by atoms with van der Waals surface area (Å²) < 4.78 is 1.92. The third-order valence-electron chi connectivity index (χ3n) is 1.83. The smallest absolute Gasteiger partial charge is 0.0693 e. The van der Waals surface area contributed by atoms with E-state index in [2.05, 4.69) is 9.39 Å². The van der Waals surface area contributed by atoms with E-state index in [1.54, 1.807) is 0 Å². The van der Waals surface area contributed by atoms with Gasteiger partial charge in [0.2, 0.25) is 0 Å². The fourth-order valence-corrected chi connectivity index (χ4v) is 3.38. The van der Waals surface area contributed by atoms with Crippen molar-refractivity contribution in [1.82, 2.24) is 4.67 Å². The van der Waals surface area contributed by atoms with E-state index in [1.807, 2.05) is 18.8 Å². The fraction of sp³-hybridized carbons (Fsp3) is 1.00. The van der Waals surface area contributed by atoms with E-state index in [4.69, 9.17) is 69.6 Å². The lowest BCUT2D eigenvalue weighted by molar-refractivity contribution is 0.544. The van der Waals surface area contributed by atoms with Gasteiger partial charge in [-0.05, 0) is 14.1 Å². The van der Waals surface area contributed by atoms with Gasteiger partial charge < -0.3 is 0 Å². The van der Waals surface area contributed by atoms with Crippen LogP contribution in [0.2, 0.25) is 0 Å². The van der Waals surface area contributed by atoms with Gasteiger partial charge in [-0.25, -0.2) is 0 Å². The molecule has 1 saturated carbocycles. The van der Waals surface area contributed by atoms with Crippen LogP contribution in [0.4, 0.5) is 0 Å². The maximum absolute atomic E-state index is 5.88. The SMILES string of the molecule is CN(C)P.Cl[C@H]1[C@H](Cl)[C@@H](Cl)[C@@H](Cl)[C@H](Cl)[C@H]1Cl. The summed E-state index contributed by atoms with van der Waals surface area (Å²) in [6.45, 7) is 0.